The van der Waals surface area contributed by atoms with Gasteiger partial charge in [-0.15, -0.1) is 0 Å². The van der Waals surface area contributed by atoms with Gasteiger partial charge in [-0.3, -0.25) is 5.10 Å². The Morgan fingerprint density at radius 1 is 1.39 bits per heavy atom. The molecule has 9 heteroatoms. The molecule has 146 valence electrons. The highest BCUT2D eigenvalue weighted by molar-refractivity contribution is 6.30. The molecular formula is C19H21ClN6O2. The normalized spacial score (nSPS) is 16.3. The maximum absolute atomic E-state index is 10.8. The topological polar surface area (TPSA) is 107 Å². The number of H-pyrrole nitrogens is 1. The fourth-order valence-corrected chi connectivity index (χ4v) is 3.72. The van der Waals surface area contributed by atoms with Crippen LogP contribution in [0.25, 0.3) is 22.4 Å². The first-order chi connectivity index (χ1) is 13.4. The summed E-state index contributed by atoms with van der Waals surface area (Å²) in [4.78, 5) is 22.2. The minimum absolute atomic E-state index is 0.0432. The number of hydrogen-bond acceptors (Lipinski definition) is 5. The van der Waals surface area contributed by atoms with E-state index in [9.17, 15) is 4.79 Å². The smallest absolute Gasteiger partial charge is 0.404 e. The first-order valence-electron chi connectivity index (χ1n) is 9.12. The molecule has 1 aliphatic heterocycles. The highest BCUT2D eigenvalue weighted by atomic mass is 35.5. The standard InChI is InChI=1S/C19H21ClN6O2/c1-19(11-22-18(27)28)5-7-26(8-6-19)14-10-21-16-15(24-25-17(16)23-14)12-3-2-4-13(20)9-12/h2-4,9-10,22H,5-8,11H2,1H3,(H,27,28)(H,23,24,25). The van der Waals surface area contributed by atoms with Crippen LogP contribution >= 0.6 is 11.6 Å². The van der Waals surface area contributed by atoms with E-state index in [1.165, 1.54) is 0 Å². The molecule has 2 aromatic heterocycles. The fraction of sp³-hybridized carbons (Fsp3) is 0.368. The van der Waals surface area contributed by atoms with Gasteiger partial charge in [0.25, 0.3) is 0 Å². The first-order valence-corrected chi connectivity index (χ1v) is 9.50. The van der Waals surface area contributed by atoms with Crippen LogP contribution in [0.15, 0.2) is 30.5 Å². The Bertz CT molecular complexity index is 1010. The fourth-order valence-electron chi connectivity index (χ4n) is 3.53. The summed E-state index contributed by atoms with van der Waals surface area (Å²) in [5, 5.41) is 19.3. The van der Waals surface area contributed by atoms with Gasteiger partial charge in [0.1, 0.15) is 11.3 Å². The summed E-state index contributed by atoms with van der Waals surface area (Å²) in [5.74, 6) is 0.782. The quantitative estimate of drug-likeness (QED) is 0.618. The summed E-state index contributed by atoms with van der Waals surface area (Å²) in [6, 6.07) is 7.52. The van der Waals surface area contributed by atoms with Crippen molar-refractivity contribution in [2.75, 3.05) is 24.5 Å². The number of rotatable bonds is 4. The molecule has 1 aliphatic rings. The van der Waals surface area contributed by atoms with Gasteiger partial charge >= 0.3 is 6.09 Å². The molecule has 0 aliphatic carbocycles. The molecule has 3 aromatic rings. The number of nitrogens with one attached hydrogen (secondary N) is 2. The van der Waals surface area contributed by atoms with Crippen molar-refractivity contribution >= 4 is 34.7 Å². The number of hydrogen-bond donors (Lipinski definition) is 3. The summed E-state index contributed by atoms with van der Waals surface area (Å²) in [5.41, 5.74) is 2.93. The van der Waals surface area contributed by atoms with Crippen LogP contribution in [0.1, 0.15) is 19.8 Å². The number of aromatic amines is 1. The molecule has 3 heterocycles. The van der Waals surface area contributed by atoms with E-state index in [-0.39, 0.29) is 5.41 Å². The van der Waals surface area contributed by atoms with Crippen molar-refractivity contribution in [2.24, 2.45) is 5.41 Å². The zero-order valence-electron chi connectivity index (χ0n) is 15.4. The Labute approximate surface area is 166 Å². The van der Waals surface area contributed by atoms with E-state index in [0.29, 0.717) is 22.7 Å². The number of nitrogens with zero attached hydrogens (tertiary/aromatic N) is 4. The van der Waals surface area contributed by atoms with Crippen LogP contribution in [0.5, 0.6) is 0 Å². The summed E-state index contributed by atoms with van der Waals surface area (Å²) >= 11 is 6.09. The van der Waals surface area contributed by atoms with E-state index in [1.807, 2.05) is 24.3 Å². The highest BCUT2D eigenvalue weighted by Crippen LogP contribution is 2.33. The van der Waals surface area contributed by atoms with Crippen molar-refractivity contribution in [3.8, 4) is 11.3 Å². The third-order valence-electron chi connectivity index (χ3n) is 5.33. The van der Waals surface area contributed by atoms with Crippen LogP contribution < -0.4 is 10.2 Å². The van der Waals surface area contributed by atoms with Gasteiger partial charge in [-0.2, -0.15) is 5.10 Å². The number of aromatic nitrogens is 4. The first kappa shape index (κ1) is 18.5. The van der Waals surface area contributed by atoms with E-state index in [2.05, 4.69) is 37.3 Å². The number of amides is 1. The number of anilines is 1. The molecular weight excluding hydrogens is 380 g/mol. The maximum atomic E-state index is 10.8. The van der Waals surface area contributed by atoms with E-state index in [0.717, 1.165) is 43.0 Å². The number of carboxylic acid groups (broad SMARTS) is 1. The second kappa shape index (κ2) is 7.27. The summed E-state index contributed by atoms with van der Waals surface area (Å²) < 4.78 is 0. The molecule has 0 unspecified atom stereocenters. The molecule has 0 saturated carbocycles. The van der Waals surface area contributed by atoms with Crippen LogP contribution in [0.4, 0.5) is 10.6 Å². The number of piperidine rings is 1. The predicted octanol–water partition coefficient (Wildman–Crippen LogP) is 3.55. The van der Waals surface area contributed by atoms with Crippen molar-refractivity contribution in [2.45, 2.75) is 19.8 Å². The van der Waals surface area contributed by atoms with Crippen molar-refractivity contribution in [3.05, 3.63) is 35.5 Å². The lowest BCUT2D eigenvalue weighted by Gasteiger charge is -2.39. The van der Waals surface area contributed by atoms with Crippen molar-refractivity contribution in [3.63, 3.8) is 0 Å². The Balaban J connectivity index is 1.51. The maximum Gasteiger partial charge on any atom is 0.404 e. The average molecular weight is 401 g/mol. The Morgan fingerprint density at radius 2 is 2.18 bits per heavy atom. The van der Waals surface area contributed by atoms with E-state index in [1.54, 1.807) is 6.20 Å². The molecule has 0 spiro atoms. The lowest BCUT2D eigenvalue weighted by Crippen LogP contribution is -2.44. The number of halogens is 1. The number of fused-ring (bicyclic) bond motifs is 1. The number of carbonyl (C=O) groups is 1. The van der Waals surface area contributed by atoms with Crippen LogP contribution in [0.3, 0.4) is 0 Å². The third kappa shape index (κ3) is 3.73. The summed E-state index contributed by atoms with van der Waals surface area (Å²) in [6.07, 6.45) is 2.54. The predicted molar refractivity (Wildman–Crippen MR) is 108 cm³/mol. The van der Waals surface area contributed by atoms with Crippen molar-refractivity contribution in [1.29, 1.82) is 0 Å². The molecule has 28 heavy (non-hydrogen) atoms. The number of benzene rings is 1. The van der Waals surface area contributed by atoms with E-state index < -0.39 is 6.09 Å². The van der Waals surface area contributed by atoms with E-state index >= 15 is 0 Å². The minimum atomic E-state index is -0.978. The van der Waals surface area contributed by atoms with E-state index in [4.69, 9.17) is 16.7 Å². The van der Waals surface area contributed by atoms with Crippen LogP contribution in [-0.4, -0.2) is 51.0 Å². The Morgan fingerprint density at radius 3 is 2.89 bits per heavy atom. The molecule has 3 N–H and O–H groups in total. The molecule has 0 atom stereocenters. The molecule has 8 nitrogen and oxygen atoms in total. The highest BCUT2D eigenvalue weighted by Gasteiger charge is 2.31. The third-order valence-corrected chi connectivity index (χ3v) is 5.56. The van der Waals surface area contributed by atoms with Crippen LogP contribution in [-0.2, 0) is 0 Å². The van der Waals surface area contributed by atoms with Gasteiger partial charge in [0.2, 0.25) is 5.65 Å². The Hall–Kier alpha value is -2.87. The lowest BCUT2D eigenvalue weighted by molar-refractivity contribution is 0.178. The van der Waals surface area contributed by atoms with Crippen molar-refractivity contribution < 1.29 is 9.90 Å². The van der Waals surface area contributed by atoms with Gasteiger partial charge in [0.15, 0.2) is 0 Å². The Kier molecular flexibility index (Phi) is 4.80. The second-order valence-electron chi connectivity index (χ2n) is 7.47. The SMILES string of the molecule is CC1(CNC(=O)O)CCN(c2cnc3c(-c4cccc(Cl)c4)[nH]nc3n2)CC1. The van der Waals surface area contributed by atoms with Gasteiger partial charge in [0.05, 0.1) is 11.9 Å². The van der Waals surface area contributed by atoms with Gasteiger partial charge in [0, 0.05) is 30.2 Å². The van der Waals surface area contributed by atoms with Gasteiger partial charge in [-0.25, -0.2) is 14.8 Å². The molecule has 1 amide bonds. The van der Waals surface area contributed by atoms with Crippen LogP contribution in [0.2, 0.25) is 5.02 Å². The largest absolute Gasteiger partial charge is 0.465 e. The molecule has 0 bridgehead atoms. The van der Waals surface area contributed by atoms with Gasteiger partial charge in [-0.05, 0) is 30.4 Å². The van der Waals surface area contributed by atoms with Crippen molar-refractivity contribution in [1.82, 2.24) is 25.5 Å². The minimum Gasteiger partial charge on any atom is -0.465 e. The summed E-state index contributed by atoms with van der Waals surface area (Å²) in [6.45, 7) is 4.16. The zero-order valence-corrected chi connectivity index (χ0v) is 16.2. The lowest BCUT2D eigenvalue weighted by atomic mass is 9.80. The average Bonchev–Trinajstić information content (AvgIpc) is 3.10. The zero-order chi connectivity index (χ0) is 19.7. The van der Waals surface area contributed by atoms with Gasteiger partial charge < -0.3 is 15.3 Å². The second-order valence-corrected chi connectivity index (χ2v) is 7.90. The molecule has 1 fully saturated rings. The summed E-state index contributed by atoms with van der Waals surface area (Å²) in [7, 11) is 0. The monoisotopic (exact) mass is 400 g/mol. The molecule has 1 aromatic carbocycles. The molecule has 1 saturated heterocycles. The molecule has 0 radical (unpaired) electrons. The molecule has 4 rings (SSSR count). The van der Waals surface area contributed by atoms with Gasteiger partial charge in [-0.1, -0.05) is 30.7 Å². The van der Waals surface area contributed by atoms with Crippen LogP contribution in [0, 0.1) is 5.41 Å².